The Kier molecular flexibility index (Phi) is 7.89. The lowest BCUT2D eigenvalue weighted by atomic mass is 9.92. The number of hydrogen-bond acceptors (Lipinski definition) is 7. The maximum atomic E-state index is 17.2. The Labute approximate surface area is 286 Å². The topological polar surface area (TPSA) is 62.8 Å². The van der Waals surface area contributed by atoms with Gasteiger partial charge in [-0.05, 0) is 86.8 Å². The predicted molar refractivity (Wildman–Crippen MR) is 182 cm³/mol. The van der Waals surface area contributed by atoms with Gasteiger partial charge in [0.2, 0.25) is 0 Å². The van der Waals surface area contributed by atoms with Crippen molar-refractivity contribution in [2.75, 3.05) is 44.8 Å². The number of aromatic nitrogens is 2. The van der Waals surface area contributed by atoms with Crippen LogP contribution in [0.1, 0.15) is 44.1 Å². The lowest BCUT2D eigenvalue weighted by molar-refractivity contribution is 0.108. The number of nitrogens with one attached hydrogen (secondary N) is 1. The summed E-state index contributed by atoms with van der Waals surface area (Å²) in [6.45, 7) is 2.98. The largest absolute Gasteiger partial charge is 0.497 e. The van der Waals surface area contributed by atoms with Crippen molar-refractivity contribution in [1.29, 1.82) is 0 Å². The maximum Gasteiger partial charge on any atom is 0.319 e. The summed E-state index contributed by atoms with van der Waals surface area (Å²) in [6, 6.07) is 7.55. The molecule has 1 aromatic heterocycles. The fraction of sp³-hybridized carbons (Fsp3) is 0.405. The van der Waals surface area contributed by atoms with E-state index in [2.05, 4.69) is 21.1 Å². The fourth-order valence-corrected chi connectivity index (χ4v) is 8.98. The lowest BCUT2D eigenvalue weighted by Gasteiger charge is -2.40. The summed E-state index contributed by atoms with van der Waals surface area (Å²) in [6.07, 6.45) is 10.3. The third-order valence-corrected chi connectivity index (χ3v) is 11.1. The van der Waals surface area contributed by atoms with Crippen LogP contribution < -0.4 is 19.7 Å². The minimum Gasteiger partial charge on any atom is -0.497 e. The molecule has 4 aliphatic heterocycles. The Morgan fingerprint density at radius 1 is 1.14 bits per heavy atom. The number of anilines is 1. The van der Waals surface area contributed by atoms with Crippen molar-refractivity contribution in [3.8, 4) is 35.2 Å². The summed E-state index contributed by atoms with van der Waals surface area (Å²) in [7, 11) is 1.48. The van der Waals surface area contributed by atoms with Crippen LogP contribution in [-0.4, -0.2) is 71.9 Å². The van der Waals surface area contributed by atoms with E-state index in [9.17, 15) is 8.78 Å². The number of ether oxygens (including phenoxy) is 2. The van der Waals surface area contributed by atoms with Gasteiger partial charge in [0.05, 0.1) is 28.8 Å². The van der Waals surface area contributed by atoms with Crippen LogP contribution in [0.25, 0.3) is 32.8 Å². The van der Waals surface area contributed by atoms with E-state index in [1.165, 1.54) is 13.2 Å². The quantitative estimate of drug-likeness (QED) is 0.159. The van der Waals surface area contributed by atoms with Gasteiger partial charge in [-0.3, -0.25) is 4.90 Å². The normalized spacial score (nSPS) is 22.8. The summed E-state index contributed by atoms with van der Waals surface area (Å²) in [5.41, 5.74) is -0.989. The second-order valence-electron chi connectivity index (χ2n) is 13.7. The Balaban J connectivity index is 1.32. The molecular weight excluding hydrogens is 658 g/mol. The second-order valence-corrected chi connectivity index (χ2v) is 14.1. The molecule has 2 unspecified atom stereocenters. The van der Waals surface area contributed by atoms with Gasteiger partial charge in [-0.2, -0.15) is 18.7 Å². The Bertz CT molecular complexity index is 2070. The Morgan fingerprint density at radius 2 is 1.94 bits per heavy atom. The molecule has 0 spiro atoms. The highest BCUT2D eigenvalue weighted by atomic mass is 35.5. The highest BCUT2D eigenvalue weighted by molar-refractivity contribution is 6.35. The SMILES string of the molecule is C#Cc1c(F)ccc2cc(OC)cc(-c3c(Cl)cc4c(N5CC6CCC(C=C(F)F)(C5)N6)nc(OCC56CCCN5CCC6)nc4c3F)c12. The molecular formula is C37H34ClF4N5O2. The van der Waals surface area contributed by atoms with Crippen LogP contribution in [0.5, 0.6) is 11.8 Å². The van der Waals surface area contributed by atoms with E-state index in [4.69, 9.17) is 32.5 Å². The number of fused-ring (bicyclic) bond motifs is 5. The molecule has 7 nitrogen and oxygen atoms in total. The Hall–Kier alpha value is -4.11. The van der Waals surface area contributed by atoms with E-state index < -0.39 is 23.3 Å². The van der Waals surface area contributed by atoms with E-state index >= 15 is 8.78 Å². The van der Waals surface area contributed by atoms with E-state index in [-0.39, 0.29) is 51.4 Å². The zero-order valence-corrected chi connectivity index (χ0v) is 27.6. The molecule has 2 atom stereocenters. The number of terminal acetylenes is 1. The Morgan fingerprint density at radius 3 is 2.67 bits per heavy atom. The van der Waals surface area contributed by atoms with Gasteiger partial charge < -0.3 is 19.7 Å². The first-order valence-corrected chi connectivity index (χ1v) is 16.9. The number of hydrogen-bond donors (Lipinski definition) is 1. The first-order chi connectivity index (χ1) is 23.6. The van der Waals surface area contributed by atoms with Crippen LogP contribution in [-0.2, 0) is 0 Å². The molecule has 3 aromatic carbocycles. The molecule has 0 radical (unpaired) electrons. The standard InChI is InChI=1S/C37H34ClF4N5O2/c1-3-24-28(39)7-6-21-14-23(48-2)15-25(30(21)24)31-27(38)16-26-33(32(31)42)43-35(49-20-37-9-4-12-47(37)13-5-10-37)44-34(26)46-18-22-8-11-36(19-46,45-22)17-29(40)41/h1,6-7,14-17,22,45H,4-5,8-13,18-20H2,2H3. The first-order valence-electron chi connectivity index (χ1n) is 16.5. The maximum absolute atomic E-state index is 17.2. The van der Waals surface area contributed by atoms with Crippen molar-refractivity contribution < 1.29 is 27.0 Å². The molecule has 4 aliphatic rings. The second kappa shape index (κ2) is 12.0. The van der Waals surface area contributed by atoms with Gasteiger partial charge in [-0.25, -0.2) is 8.78 Å². The van der Waals surface area contributed by atoms with Crippen molar-refractivity contribution in [2.45, 2.75) is 55.6 Å². The molecule has 5 heterocycles. The van der Waals surface area contributed by atoms with Gasteiger partial charge >= 0.3 is 6.01 Å². The monoisotopic (exact) mass is 691 g/mol. The van der Waals surface area contributed by atoms with Gasteiger partial charge in [0, 0.05) is 41.5 Å². The number of rotatable bonds is 7. The van der Waals surface area contributed by atoms with E-state index in [1.807, 2.05) is 4.90 Å². The zero-order chi connectivity index (χ0) is 34.1. The van der Waals surface area contributed by atoms with Crippen molar-refractivity contribution in [1.82, 2.24) is 20.2 Å². The van der Waals surface area contributed by atoms with Crippen LogP contribution in [0.3, 0.4) is 0 Å². The fourth-order valence-electron chi connectivity index (χ4n) is 8.69. The zero-order valence-electron chi connectivity index (χ0n) is 26.9. The predicted octanol–water partition coefficient (Wildman–Crippen LogP) is 7.47. The molecule has 12 heteroatoms. The van der Waals surface area contributed by atoms with E-state index in [1.54, 1.807) is 24.3 Å². The molecule has 1 N–H and O–H groups in total. The van der Waals surface area contributed by atoms with Crippen molar-refractivity contribution >= 4 is 39.1 Å². The molecule has 4 aromatic rings. The molecule has 4 saturated heterocycles. The number of methoxy groups -OCH3 is 1. The van der Waals surface area contributed by atoms with Crippen LogP contribution in [0.2, 0.25) is 5.02 Å². The molecule has 4 fully saturated rings. The first kappa shape index (κ1) is 32.1. The van der Waals surface area contributed by atoms with Gasteiger partial charge in [-0.15, -0.1) is 6.42 Å². The van der Waals surface area contributed by atoms with E-state index in [0.717, 1.165) is 44.8 Å². The van der Waals surface area contributed by atoms with Crippen LogP contribution in [0.4, 0.5) is 23.4 Å². The number of benzene rings is 3. The molecule has 0 aliphatic carbocycles. The number of halogens is 5. The minimum absolute atomic E-state index is 0.0131. The van der Waals surface area contributed by atoms with Gasteiger partial charge in [0.25, 0.3) is 6.08 Å². The summed E-state index contributed by atoms with van der Waals surface area (Å²) < 4.78 is 71.5. The smallest absolute Gasteiger partial charge is 0.319 e. The number of piperazine rings is 1. The molecule has 0 saturated carbocycles. The van der Waals surface area contributed by atoms with E-state index in [0.29, 0.717) is 53.7 Å². The van der Waals surface area contributed by atoms with Gasteiger partial charge in [0.1, 0.15) is 29.5 Å². The average molecular weight is 692 g/mol. The van der Waals surface area contributed by atoms with Crippen molar-refractivity contribution in [3.63, 3.8) is 0 Å². The molecule has 2 bridgehead atoms. The van der Waals surface area contributed by atoms with Crippen LogP contribution >= 0.6 is 11.6 Å². The average Bonchev–Trinajstić information content (AvgIpc) is 3.75. The van der Waals surface area contributed by atoms with Crippen molar-refractivity contribution in [3.05, 3.63) is 64.7 Å². The molecule has 8 rings (SSSR count). The molecule has 0 amide bonds. The minimum atomic E-state index is -1.77. The van der Waals surface area contributed by atoms with Gasteiger partial charge in [-0.1, -0.05) is 23.6 Å². The highest BCUT2D eigenvalue weighted by Gasteiger charge is 2.46. The summed E-state index contributed by atoms with van der Waals surface area (Å²) in [5.74, 6) is 1.74. The summed E-state index contributed by atoms with van der Waals surface area (Å²) in [4.78, 5) is 13.8. The summed E-state index contributed by atoms with van der Waals surface area (Å²) in [5, 5.41) is 4.50. The third kappa shape index (κ3) is 5.36. The van der Waals surface area contributed by atoms with Gasteiger partial charge in [0.15, 0.2) is 5.82 Å². The van der Waals surface area contributed by atoms with Crippen LogP contribution in [0.15, 0.2) is 42.5 Å². The molecule has 254 valence electrons. The highest BCUT2D eigenvalue weighted by Crippen LogP contribution is 2.45. The van der Waals surface area contributed by atoms with Crippen LogP contribution in [0, 0.1) is 24.0 Å². The molecule has 49 heavy (non-hydrogen) atoms. The lowest BCUT2D eigenvalue weighted by Crippen LogP contribution is -2.59. The number of nitrogens with zero attached hydrogens (tertiary/aromatic N) is 4. The van der Waals surface area contributed by atoms with Crippen molar-refractivity contribution in [2.24, 2.45) is 0 Å². The third-order valence-electron chi connectivity index (χ3n) is 10.8. The summed E-state index contributed by atoms with van der Waals surface area (Å²) >= 11 is 6.94.